The summed E-state index contributed by atoms with van der Waals surface area (Å²) in [5, 5.41) is 0. The van der Waals surface area contributed by atoms with Crippen LogP contribution < -0.4 is 0 Å². The van der Waals surface area contributed by atoms with Crippen LogP contribution in [0.25, 0.3) is 0 Å². The van der Waals surface area contributed by atoms with E-state index in [-0.39, 0.29) is 0 Å². The summed E-state index contributed by atoms with van der Waals surface area (Å²) in [6, 6.07) is -0.648. The largest absolute Gasteiger partial charge is 0.467 e. The molecule has 88 valence electrons. The summed E-state index contributed by atoms with van der Waals surface area (Å²) in [4.78, 5) is 23.9. The van der Waals surface area contributed by atoms with Gasteiger partial charge in [-0.25, -0.2) is 9.59 Å². The maximum absolute atomic E-state index is 11.5. The first-order valence-corrected chi connectivity index (χ1v) is 4.72. The molecular weight excluding hydrogens is 198 g/mol. The first kappa shape index (κ1) is 13.7. The Hall–Kier alpha value is -1.26. The Kier molecular flexibility index (Phi) is 4.58. The lowest BCUT2D eigenvalue weighted by Crippen LogP contribution is -2.43. The monoisotopic (exact) mass is 217 g/mol. The Morgan fingerprint density at radius 3 is 2.07 bits per heavy atom. The van der Waals surface area contributed by atoms with E-state index in [2.05, 4.69) is 4.74 Å². The van der Waals surface area contributed by atoms with Crippen molar-refractivity contribution in [2.24, 2.45) is 0 Å². The Morgan fingerprint density at radius 1 is 1.27 bits per heavy atom. The third kappa shape index (κ3) is 4.67. The van der Waals surface area contributed by atoms with Crippen molar-refractivity contribution in [2.75, 3.05) is 14.2 Å². The van der Waals surface area contributed by atoms with E-state index in [1.165, 1.54) is 19.1 Å². The number of carbonyl (C=O) groups is 2. The molecule has 0 bridgehead atoms. The molecule has 0 spiro atoms. The Bertz CT molecular complexity index is 244. The molecule has 0 aliphatic carbocycles. The average molecular weight is 217 g/mol. The number of hydrogen-bond donors (Lipinski definition) is 0. The number of amides is 1. The van der Waals surface area contributed by atoms with Crippen LogP contribution in [0.2, 0.25) is 0 Å². The fourth-order valence-corrected chi connectivity index (χ4v) is 0.821. The zero-order valence-electron chi connectivity index (χ0n) is 10.2. The second-order valence-electron chi connectivity index (χ2n) is 4.29. The Labute approximate surface area is 90.3 Å². The topological polar surface area (TPSA) is 55.8 Å². The highest BCUT2D eigenvalue weighted by Crippen LogP contribution is 2.10. The van der Waals surface area contributed by atoms with E-state index in [1.54, 1.807) is 27.7 Å². The van der Waals surface area contributed by atoms with Gasteiger partial charge >= 0.3 is 12.1 Å². The van der Waals surface area contributed by atoms with E-state index in [4.69, 9.17) is 4.74 Å². The maximum Gasteiger partial charge on any atom is 0.410 e. The molecule has 0 saturated heterocycles. The van der Waals surface area contributed by atoms with Gasteiger partial charge in [0.15, 0.2) is 0 Å². The van der Waals surface area contributed by atoms with Gasteiger partial charge in [0.2, 0.25) is 0 Å². The van der Waals surface area contributed by atoms with Gasteiger partial charge in [0, 0.05) is 7.05 Å². The van der Waals surface area contributed by atoms with Gasteiger partial charge in [0.05, 0.1) is 7.11 Å². The van der Waals surface area contributed by atoms with Crippen LogP contribution in [0.15, 0.2) is 0 Å². The van der Waals surface area contributed by atoms with Gasteiger partial charge < -0.3 is 9.47 Å². The number of esters is 1. The third-order valence-corrected chi connectivity index (χ3v) is 1.80. The van der Waals surface area contributed by atoms with Crippen molar-refractivity contribution in [3.05, 3.63) is 0 Å². The highest BCUT2D eigenvalue weighted by molar-refractivity contribution is 5.80. The zero-order chi connectivity index (χ0) is 12.2. The number of ether oxygens (including phenoxy) is 2. The van der Waals surface area contributed by atoms with Gasteiger partial charge in [-0.05, 0) is 27.7 Å². The highest BCUT2D eigenvalue weighted by atomic mass is 16.6. The van der Waals surface area contributed by atoms with Gasteiger partial charge in [0.1, 0.15) is 11.6 Å². The smallest absolute Gasteiger partial charge is 0.410 e. The van der Waals surface area contributed by atoms with Crippen LogP contribution in [-0.4, -0.2) is 42.8 Å². The van der Waals surface area contributed by atoms with Gasteiger partial charge in [0.25, 0.3) is 0 Å². The lowest BCUT2D eigenvalue weighted by atomic mass is 10.2. The molecule has 0 fully saturated rings. The minimum atomic E-state index is -0.648. The van der Waals surface area contributed by atoms with Gasteiger partial charge in [-0.1, -0.05) is 0 Å². The van der Waals surface area contributed by atoms with Gasteiger partial charge in [-0.3, -0.25) is 4.90 Å². The maximum atomic E-state index is 11.5. The van der Waals surface area contributed by atoms with Crippen molar-refractivity contribution in [2.45, 2.75) is 39.3 Å². The molecule has 0 aliphatic rings. The molecule has 1 unspecified atom stereocenters. The van der Waals surface area contributed by atoms with E-state index in [0.717, 1.165) is 0 Å². The quantitative estimate of drug-likeness (QED) is 0.656. The molecule has 0 aromatic heterocycles. The third-order valence-electron chi connectivity index (χ3n) is 1.80. The molecular formula is C10H19NO4. The minimum absolute atomic E-state index is 0.469. The standard InChI is InChI=1S/C10H19NO4/c1-7(8(12)14-6)11(5)9(13)15-10(2,3)4/h7H,1-6H3. The van der Waals surface area contributed by atoms with Crippen LogP contribution in [0.5, 0.6) is 0 Å². The van der Waals surface area contributed by atoms with Crippen molar-refractivity contribution in [1.82, 2.24) is 4.90 Å². The van der Waals surface area contributed by atoms with Crippen molar-refractivity contribution < 1.29 is 19.1 Å². The predicted molar refractivity (Wildman–Crippen MR) is 55.5 cm³/mol. The molecule has 0 saturated carbocycles. The van der Waals surface area contributed by atoms with Crippen LogP contribution in [0.1, 0.15) is 27.7 Å². The van der Waals surface area contributed by atoms with Crippen molar-refractivity contribution >= 4 is 12.1 Å². The Balaban J connectivity index is 4.39. The zero-order valence-corrected chi connectivity index (χ0v) is 10.2. The number of nitrogens with zero attached hydrogens (tertiary/aromatic N) is 1. The molecule has 0 aromatic carbocycles. The van der Waals surface area contributed by atoms with Crippen LogP contribution in [0.4, 0.5) is 4.79 Å². The van der Waals surface area contributed by atoms with E-state index in [0.29, 0.717) is 0 Å². The fourth-order valence-electron chi connectivity index (χ4n) is 0.821. The van der Waals surface area contributed by atoms with E-state index >= 15 is 0 Å². The lowest BCUT2D eigenvalue weighted by molar-refractivity contribution is -0.145. The highest BCUT2D eigenvalue weighted by Gasteiger charge is 2.27. The second kappa shape index (κ2) is 5.00. The molecule has 15 heavy (non-hydrogen) atoms. The van der Waals surface area contributed by atoms with Crippen molar-refractivity contribution in [1.29, 1.82) is 0 Å². The van der Waals surface area contributed by atoms with E-state index in [9.17, 15) is 9.59 Å². The first-order valence-electron chi connectivity index (χ1n) is 4.72. The molecule has 1 atom stereocenters. The average Bonchev–Trinajstić information content (AvgIpc) is 2.11. The summed E-state index contributed by atoms with van der Waals surface area (Å²) in [7, 11) is 2.78. The number of hydrogen-bond acceptors (Lipinski definition) is 4. The first-order chi connectivity index (χ1) is 6.69. The summed E-state index contributed by atoms with van der Waals surface area (Å²) in [5.41, 5.74) is -0.568. The molecule has 0 N–H and O–H groups in total. The Morgan fingerprint density at radius 2 is 1.73 bits per heavy atom. The number of rotatable bonds is 2. The minimum Gasteiger partial charge on any atom is -0.467 e. The van der Waals surface area contributed by atoms with Gasteiger partial charge in [-0.2, -0.15) is 0 Å². The summed E-state index contributed by atoms with van der Waals surface area (Å²) in [5.74, 6) is -0.469. The van der Waals surface area contributed by atoms with Gasteiger partial charge in [-0.15, -0.1) is 0 Å². The molecule has 5 nitrogen and oxygen atoms in total. The van der Waals surface area contributed by atoms with E-state index in [1.807, 2.05) is 0 Å². The summed E-state index contributed by atoms with van der Waals surface area (Å²) in [6.45, 7) is 6.88. The molecule has 1 amide bonds. The van der Waals surface area contributed by atoms with Crippen molar-refractivity contribution in [3.63, 3.8) is 0 Å². The molecule has 0 rings (SSSR count). The summed E-state index contributed by atoms with van der Waals surface area (Å²) < 4.78 is 9.62. The summed E-state index contributed by atoms with van der Waals surface area (Å²) >= 11 is 0. The predicted octanol–water partition coefficient (Wildman–Crippen LogP) is 1.41. The fraction of sp³-hybridized carbons (Fsp3) is 0.800. The normalized spacial score (nSPS) is 12.9. The lowest BCUT2D eigenvalue weighted by Gasteiger charge is -2.27. The molecule has 0 aromatic rings. The summed E-state index contributed by atoms with van der Waals surface area (Å²) in [6.07, 6.45) is -0.541. The van der Waals surface area contributed by atoms with Crippen LogP contribution in [0.3, 0.4) is 0 Å². The van der Waals surface area contributed by atoms with Crippen LogP contribution >= 0.6 is 0 Å². The van der Waals surface area contributed by atoms with Crippen LogP contribution in [0, 0.1) is 0 Å². The molecule has 0 radical (unpaired) electrons. The second-order valence-corrected chi connectivity index (χ2v) is 4.29. The molecule has 0 heterocycles. The molecule has 5 heteroatoms. The van der Waals surface area contributed by atoms with Crippen LogP contribution in [-0.2, 0) is 14.3 Å². The van der Waals surface area contributed by atoms with Crippen molar-refractivity contribution in [3.8, 4) is 0 Å². The molecule has 0 aliphatic heterocycles. The number of carbonyl (C=O) groups excluding carboxylic acids is 2. The number of methoxy groups -OCH3 is 1. The number of likely N-dealkylation sites (N-methyl/N-ethyl adjacent to an activating group) is 1. The SMILES string of the molecule is COC(=O)C(C)N(C)C(=O)OC(C)(C)C. The van der Waals surface area contributed by atoms with E-state index < -0.39 is 23.7 Å².